The Balaban J connectivity index is 2.03. The Morgan fingerprint density at radius 2 is 1.80 bits per heavy atom. The first-order chi connectivity index (χ1) is 9.72. The first kappa shape index (κ1) is 12.4. The van der Waals surface area contributed by atoms with Crippen molar-refractivity contribution in [2.75, 3.05) is 5.32 Å². The summed E-state index contributed by atoms with van der Waals surface area (Å²) >= 11 is 0. The van der Waals surface area contributed by atoms with Gasteiger partial charge in [-0.25, -0.2) is 0 Å². The van der Waals surface area contributed by atoms with Crippen molar-refractivity contribution < 1.29 is 0 Å². The lowest BCUT2D eigenvalue weighted by atomic mass is 10.1. The van der Waals surface area contributed by atoms with Crippen molar-refractivity contribution in [1.29, 1.82) is 0 Å². The molecular weight excluding hydrogens is 244 g/mol. The van der Waals surface area contributed by atoms with Crippen LogP contribution in [0.1, 0.15) is 6.92 Å². The zero-order valence-corrected chi connectivity index (χ0v) is 11.4. The predicted molar refractivity (Wildman–Crippen MR) is 85.6 cm³/mol. The molecule has 0 spiro atoms. The molecule has 0 unspecified atom stereocenters. The molecule has 0 saturated heterocycles. The zero-order valence-electron chi connectivity index (χ0n) is 11.4. The highest BCUT2D eigenvalue weighted by atomic mass is 14.9. The lowest BCUT2D eigenvalue weighted by Gasteiger charge is -2.07. The minimum absolute atomic E-state index is 0.922. The summed E-state index contributed by atoms with van der Waals surface area (Å²) in [4.78, 5) is 4.56. The summed E-state index contributed by atoms with van der Waals surface area (Å²) in [5.74, 6) is 0. The molecule has 2 nitrogen and oxygen atoms in total. The van der Waals surface area contributed by atoms with Gasteiger partial charge in [0.25, 0.3) is 0 Å². The summed E-state index contributed by atoms with van der Waals surface area (Å²) in [6.45, 7) is 5.79. The summed E-state index contributed by atoms with van der Waals surface area (Å²) in [6.07, 6.45) is 1.92. The maximum absolute atomic E-state index is 4.56. The van der Waals surface area contributed by atoms with E-state index < -0.39 is 0 Å². The maximum atomic E-state index is 4.56. The molecule has 1 N–H and O–H groups in total. The van der Waals surface area contributed by atoms with Crippen LogP contribution < -0.4 is 5.32 Å². The minimum atomic E-state index is 0.922. The van der Waals surface area contributed by atoms with Crippen molar-refractivity contribution in [2.45, 2.75) is 6.92 Å². The van der Waals surface area contributed by atoms with Crippen LogP contribution in [0.25, 0.3) is 22.0 Å². The smallest absolute Gasteiger partial charge is 0.0723 e. The molecular formula is C18H16N2. The number of aromatic nitrogens is 1. The SMILES string of the molecule is C=C(C)Nc1ccc2cc(-c3ccccc3)cnc2c1. The first-order valence-electron chi connectivity index (χ1n) is 6.60. The number of anilines is 1. The summed E-state index contributed by atoms with van der Waals surface area (Å²) in [7, 11) is 0. The molecule has 2 heteroatoms. The van der Waals surface area contributed by atoms with Gasteiger partial charge in [0.1, 0.15) is 0 Å². The van der Waals surface area contributed by atoms with Crippen LogP contribution in [-0.4, -0.2) is 4.98 Å². The van der Waals surface area contributed by atoms with Gasteiger partial charge in [-0.15, -0.1) is 0 Å². The number of benzene rings is 2. The van der Waals surface area contributed by atoms with E-state index in [1.807, 2.05) is 43.5 Å². The highest BCUT2D eigenvalue weighted by molar-refractivity contribution is 5.86. The van der Waals surface area contributed by atoms with Crippen LogP contribution in [0.3, 0.4) is 0 Å². The van der Waals surface area contributed by atoms with Gasteiger partial charge in [0, 0.05) is 28.5 Å². The van der Waals surface area contributed by atoms with Crippen molar-refractivity contribution in [2.24, 2.45) is 0 Å². The molecule has 0 saturated carbocycles. The molecule has 0 aliphatic carbocycles. The van der Waals surface area contributed by atoms with E-state index in [1.165, 1.54) is 5.56 Å². The number of rotatable bonds is 3. The molecule has 2 aromatic carbocycles. The molecule has 1 aromatic heterocycles. The molecule has 3 aromatic rings. The molecule has 0 aliphatic rings. The Bertz CT molecular complexity index is 761. The Morgan fingerprint density at radius 1 is 1.00 bits per heavy atom. The number of nitrogens with one attached hydrogen (secondary N) is 1. The van der Waals surface area contributed by atoms with Crippen LogP contribution >= 0.6 is 0 Å². The molecule has 0 amide bonds. The van der Waals surface area contributed by atoms with Crippen molar-refractivity contribution in [1.82, 2.24) is 4.98 Å². The van der Waals surface area contributed by atoms with Gasteiger partial charge in [0.2, 0.25) is 0 Å². The van der Waals surface area contributed by atoms with Crippen LogP contribution in [0.5, 0.6) is 0 Å². The largest absolute Gasteiger partial charge is 0.360 e. The van der Waals surface area contributed by atoms with Crippen molar-refractivity contribution >= 4 is 16.6 Å². The Kier molecular flexibility index (Phi) is 3.21. The van der Waals surface area contributed by atoms with Gasteiger partial charge in [-0.1, -0.05) is 43.0 Å². The van der Waals surface area contributed by atoms with Gasteiger partial charge in [0.05, 0.1) is 5.52 Å². The third kappa shape index (κ3) is 2.54. The molecule has 0 bridgehead atoms. The predicted octanol–water partition coefficient (Wildman–Crippen LogP) is 4.85. The van der Waals surface area contributed by atoms with Crippen LogP contribution in [0.4, 0.5) is 5.69 Å². The standard InChI is InChI=1S/C18H16N2/c1-13(2)20-17-9-8-15-10-16(12-19-18(15)11-17)14-6-4-3-5-7-14/h3-12,20H,1H2,2H3. The molecule has 0 atom stereocenters. The minimum Gasteiger partial charge on any atom is -0.360 e. The Labute approximate surface area is 118 Å². The number of pyridine rings is 1. The van der Waals surface area contributed by atoms with Crippen molar-refractivity contribution in [3.8, 4) is 11.1 Å². The average Bonchev–Trinajstić information content (AvgIpc) is 2.47. The Morgan fingerprint density at radius 3 is 2.55 bits per heavy atom. The van der Waals surface area contributed by atoms with Crippen molar-refractivity contribution in [3.05, 3.63) is 73.1 Å². The number of hydrogen-bond acceptors (Lipinski definition) is 2. The molecule has 0 fully saturated rings. The summed E-state index contributed by atoms with van der Waals surface area (Å²) in [5, 5.41) is 4.35. The van der Waals surface area contributed by atoms with E-state index in [1.54, 1.807) is 0 Å². The lowest BCUT2D eigenvalue weighted by molar-refractivity contribution is 1.38. The fourth-order valence-electron chi connectivity index (χ4n) is 2.23. The van der Waals surface area contributed by atoms with E-state index >= 15 is 0 Å². The molecule has 20 heavy (non-hydrogen) atoms. The topological polar surface area (TPSA) is 24.9 Å². The Hall–Kier alpha value is -2.61. The fourth-order valence-corrected chi connectivity index (χ4v) is 2.23. The van der Waals surface area contributed by atoms with Crippen LogP contribution in [-0.2, 0) is 0 Å². The molecule has 0 aliphatic heterocycles. The van der Waals surface area contributed by atoms with Gasteiger partial charge < -0.3 is 5.32 Å². The highest BCUT2D eigenvalue weighted by Gasteiger charge is 2.01. The number of hydrogen-bond donors (Lipinski definition) is 1. The van der Waals surface area contributed by atoms with Gasteiger partial charge in [0.15, 0.2) is 0 Å². The monoisotopic (exact) mass is 260 g/mol. The number of allylic oxidation sites excluding steroid dienone is 1. The summed E-state index contributed by atoms with van der Waals surface area (Å²) < 4.78 is 0. The molecule has 0 radical (unpaired) electrons. The van der Waals surface area contributed by atoms with Gasteiger partial charge in [-0.05, 0) is 30.7 Å². The summed E-state index contributed by atoms with van der Waals surface area (Å²) in [6, 6.07) is 18.6. The van der Waals surface area contributed by atoms with E-state index in [9.17, 15) is 0 Å². The van der Waals surface area contributed by atoms with Crippen LogP contribution in [0, 0.1) is 0 Å². The second-order valence-electron chi connectivity index (χ2n) is 4.90. The number of fused-ring (bicyclic) bond motifs is 1. The molecule has 3 rings (SSSR count). The highest BCUT2D eigenvalue weighted by Crippen LogP contribution is 2.24. The number of nitrogens with zero attached hydrogens (tertiary/aromatic N) is 1. The quantitative estimate of drug-likeness (QED) is 0.728. The third-order valence-corrected chi connectivity index (χ3v) is 3.15. The maximum Gasteiger partial charge on any atom is 0.0723 e. The second-order valence-corrected chi connectivity index (χ2v) is 4.90. The first-order valence-corrected chi connectivity index (χ1v) is 6.60. The fraction of sp³-hybridized carbons (Fsp3) is 0.0556. The van der Waals surface area contributed by atoms with E-state index in [0.29, 0.717) is 0 Å². The second kappa shape index (κ2) is 5.17. The zero-order chi connectivity index (χ0) is 13.9. The van der Waals surface area contributed by atoms with E-state index in [2.05, 4.69) is 41.1 Å². The summed E-state index contributed by atoms with van der Waals surface area (Å²) in [5.41, 5.74) is 5.25. The van der Waals surface area contributed by atoms with Crippen LogP contribution in [0.15, 0.2) is 73.1 Å². The van der Waals surface area contributed by atoms with Gasteiger partial charge in [-0.3, -0.25) is 4.98 Å². The van der Waals surface area contributed by atoms with E-state index in [-0.39, 0.29) is 0 Å². The van der Waals surface area contributed by atoms with Crippen LogP contribution in [0.2, 0.25) is 0 Å². The normalized spacial score (nSPS) is 10.4. The average molecular weight is 260 g/mol. The lowest BCUT2D eigenvalue weighted by Crippen LogP contribution is -1.93. The third-order valence-electron chi connectivity index (χ3n) is 3.15. The van der Waals surface area contributed by atoms with Gasteiger partial charge >= 0.3 is 0 Å². The van der Waals surface area contributed by atoms with Gasteiger partial charge in [-0.2, -0.15) is 0 Å². The van der Waals surface area contributed by atoms with Crippen molar-refractivity contribution in [3.63, 3.8) is 0 Å². The van der Waals surface area contributed by atoms with E-state index in [0.717, 1.165) is 27.9 Å². The molecule has 1 heterocycles. The van der Waals surface area contributed by atoms with E-state index in [4.69, 9.17) is 0 Å². The molecule has 98 valence electrons.